The molecule has 4 rings (SSSR count). The first kappa shape index (κ1) is 23.7. The van der Waals surface area contributed by atoms with Crippen molar-refractivity contribution < 1.29 is 14.3 Å². The Morgan fingerprint density at radius 1 is 1.12 bits per heavy atom. The van der Waals surface area contributed by atoms with Crippen LogP contribution < -0.4 is 0 Å². The van der Waals surface area contributed by atoms with E-state index in [1.165, 1.54) is 0 Å². The summed E-state index contributed by atoms with van der Waals surface area (Å²) >= 11 is 12.5. The molecular weight excluding hydrogens is 461 g/mol. The van der Waals surface area contributed by atoms with Gasteiger partial charge in [-0.3, -0.25) is 14.5 Å². The van der Waals surface area contributed by atoms with Crippen LogP contribution in [0, 0.1) is 5.92 Å². The van der Waals surface area contributed by atoms with Crippen LogP contribution in [0.2, 0.25) is 10.0 Å². The van der Waals surface area contributed by atoms with Gasteiger partial charge in [0.1, 0.15) is 0 Å². The largest absolute Gasteiger partial charge is 0.466 e. The smallest absolute Gasteiger partial charge is 0.310 e. The molecule has 0 aliphatic carbocycles. The zero-order chi connectivity index (χ0) is 23.4. The number of hydrogen-bond acceptors (Lipinski definition) is 5. The molecule has 2 aromatic rings. The molecule has 6 nitrogen and oxygen atoms in total. The van der Waals surface area contributed by atoms with Crippen LogP contribution in [0.5, 0.6) is 0 Å². The monoisotopic (exact) mass is 487 g/mol. The molecule has 0 unspecified atom stereocenters. The molecule has 0 radical (unpaired) electrons. The van der Waals surface area contributed by atoms with Gasteiger partial charge in [0.05, 0.1) is 30.8 Å². The zero-order valence-corrected chi connectivity index (χ0v) is 20.1. The number of carbonyl (C=O) groups is 2. The number of halogens is 2. The molecule has 8 heteroatoms. The van der Waals surface area contributed by atoms with Gasteiger partial charge in [-0.15, -0.1) is 0 Å². The van der Waals surface area contributed by atoms with Crippen LogP contribution in [0.15, 0.2) is 53.6 Å². The normalized spacial score (nSPS) is 21.1. The highest BCUT2D eigenvalue weighted by Crippen LogP contribution is 2.35. The second kappa shape index (κ2) is 10.7. The van der Waals surface area contributed by atoms with Crippen molar-refractivity contribution in [3.63, 3.8) is 0 Å². The first-order valence-corrected chi connectivity index (χ1v) is 12.0. The summed E-state index contributed by atoms with van der Waals surface area (Å²) in [5.41, 5.74) is 2.56. The van der Waals surface area contributed by atoms with E-state index >= 15 is 0 Å². The van der Waals surface area contributed by atoms with Crippen LogP contribution in [0.25, 0.3) is 0 Å². The number of piperidine rings is 1. The van der Waals surface area contributed by atoms with Gasteiger partial charge in [-0.2, -0.15) is 5.10 Å². The summed E-state index contributed by atoms with van der Waals surface area (Å²) < 4.78 is 5.19. The average Bonchev–Trinajstić information content (AvgIpc) is 3.25. The Balaban J connectivity index is 1.55. The van der Waals surface area contributed by atoms with Gasteiger partial charge in [0, 0.05) is 28.6 Å². The van der Waals surface area contributed by atoms with E-state index in [4.69, 9.17) is 33.0 Å². The molecule has 2 atom stereocenters. The van der Waals surface area contributed by atoms with E-state index in [1.807, 2.05) is 53.4 Å². The van der Waals surface area contributed by atoms with E-state index in [2.05, 4.69) is 0 Å². The quantitative estimate of drug-likeness (QED) is 0.540. The van der Waals surface area contributed by atoms with Crippen LogP contribution in [0.1, 0.15) is 43.4 Å². The fourth-order valence-electron chi connectivity index (χ4n) is 4.46. The van der Waals surface area contributed by atoms with Crippen molar-refractivity contribution in [2.75, 3.05) is 26.2 Å². The third-order valence-corrected chi connectivity index (χ3v) is 6.67. The fourth-order valence-corrected chi connectivity index (χ4v) is 4.83. The maximum absolute atomic E-state index is 13.4. The predicted molar refractivity (Wildman–Crippen MR) is 129 cm³/mol. The third kappa shape index (κ3) is 5.57. The van der Waals surface area contributed by atoms with Crippen molar-refractivity contribution in [1.82, 2.24) is 9.91 Å². The molecule has 1 amide bonds. The minimum atomic E-state index is -0.244. The summed E-state index contributed by atoms with van der Waals surface area (Å²) in [6, 6.07) is 14.8. The standard InChI is InChI=1S/C25H27Cl2N3O3/c1-2-33-25(32)18-6-5-13-29(15-18)16-24(31)30-23(17-9-11-19(26)12-10-17)14-22(28-30)20-7-3-4-8-21(20)27/h3-4,7-12,18,23H,2,5-6,13-16H2,1H3/t18-,23+/m1/s1. The number of nitrogens with zero attached hydrogens (tertiary/aromatic N) is 3. The highest BCUT2D eigenvalue weighted by Gasteiger charge is 2.35. The van der Waals surface area contributed by atoms with Gasteiger partial charge in [-0.05, 0) is 50.1 Å². The van der Waals surface area contributed by atoms with E-state index in [0.29, 0.717) is 29.6 Å². The summed E-state index contributed by atoms with van der Waals surface area (Å²) in [6.45, 7) is 3.65. The molecule has 174 valence electrons. The van der Waals surface area contributed by atoms with Crippen molar-refractivity contribution in [3.05, 3.63) is 69.7 Å². The summed E-state index contributed by atoms with van der Waals surface area (Å²) in [6.07, 6.45) is 2.20. The molecule has 2 aliphatic rings. The highest BCUT2D eigenvalue weighted by molar-refractivity contribution is 6.34. The van der Waals surface area contributed by atoms with Crippen LogP contribution in [-0.2, 0) is 14.3 Å². The van der Waals surface area contributed by atoms with Gasteiger partial charge in [0.25, 0.3) is 5.91 Å². The van der Waals surface area contributed by atoms with Crippen molar-refractivity contribution in [2.45, 2.75) is 32.2 Å². The van der Waals surface area contributed by atoms with Crippen LogP contribution >= 0.6 is 23.2 Å². The lowest BCUT2D eigenvalue weighted by molar-refractivity contribution is -0.150. The molecule has 0 saturated carbocycles. The van der Waals surface area contributed by atoms with E-state index in [1.54, 1.807) is 11.9 Å². The van der Waals surface area contributed by atoms with E-state index in [0.717, 1.165) is 36.2 Å². The molecule has 1 saturated heterocycles. The molecule has 2 heterocycles. The van der Waals surface area contributed by atoms with Crippen molar-refractivity contribution in [1.29, 1.82) is 0 Å². The molecule has 33 heavy (non-hydrogen) atoms. The maximum atomic E-state index is 13.4. The van der Waals surface area contributed by atoms with Crippen molar-refractivity contribution in [2.24, 2.45) is 11.0 Å². The SMILES string of the molecule is CCOC(=O)[C@@H]1CCCN(CC(=O)N2N=C(c3ccccc3Cl)C[C@H]2c2ccc(Cl)cc2)C1. The molecule has 2 aliphatic heterocycles. The lowest BCUT2D eigenvalue weighted by Crippen LogP contribution is -2.44. The van der Waals surface area contributed by atoms with Gasteiger partial charge < -0.3 is 4.74 Å². The van der Waals surface area contributed by atoms with E-state index in [9.17, 15) is 9.59 Å². The van der Waals surface area contributed by atoms with Gasteiger partial charge in [-0.25, -0.2) is 5.01 Å². The van der Waals surface area contributed by atoms with Gasteiger partial charge in [0.15, 0.2) is 0 Å². The fraction of sp³-hybridized carbons (Fsp3) is 0.400. The van der Waals surface area contributed by atoms with Gasteiger partial charge >= 0.3 is 5.97 Å². The number of likely N-dealkylation sites (tertiary alicyclic amines) is 1. The third-order valence-electron chi connectivity index (χ3n) is 6.09. The number of rotatable bonds is 6. The minimum Gasteiger partial charge on any atom is -0.466 e. The number of amides is 1. The topological polar surface area (TPSA) is 62.2 Å². The summed E-state index contributed by atoms with van der Waals surface area (Å²) in [4.78, 5) is 27.6. The molecule has 0 N–H and O–H groups in total. The molecule has 0 spiro atoms. The first-order valence-electron chi connectivity index (χ1n) is 11.2. The van der Waals surface area contributed by atoms with Gasteiger partial charge in [-0.1, -0.05) is 53.5 Å². The van der Waals surface area contributed by atoms with E-state index < -0.39 is 0 Å². The highest BCUT2D eigenvalue weighted by atomic mass is 35.5. The zero-order valence-electron chi connectivity index (χ0n) is 18.5. The second-order valence-electron chi connectivity index (χ2n) is 8.36. The molecule has 2 aromatic carbocycles. The lowest BCUT2D eigenvalue weighted by atomic mass is 9.97. The van der Waals surface area contributed by atoms with Crippen molar-refractivity contribution >= 4 is 40.8 Å². The van der Waals surface area contributed by atoms with E-state index in [-0.39, 0.29) is 30.4 Å². The number of hydrazone groups is 1. The molecule has 1 fully saturated rings. The lowest BCUT2D eigenvalue weighted by Gasteiger charge is -2.32. The maximum Gasteiger partial charge on any atom is 0.310 e. The first-order chi connectivity index (χ1) is 16.0. The van der Waals surface area contributed by atoms with Crippen LogP contribution in [0.3, 0.4) is 0 Å². The summed E-state index contributed by atoms with van der Waals surface area (Å²) in [7, 11) is 0. The number of ether oxygens (including phenoxy) is 1. The second-order valence-corrected chi connectivity index (χ2v) is 9.21. The summed E-state index contributed by atoms with van der Waals surface area (Å²) in [5.74, 6) is -0.491. The Labute approximate surface area is 204 Å². The number of esters is 1. The number of hydrogen-bond donors (Lipinski definition) is 0. The molecule has 0 bridgehead atoms. The Morgan fingerprint density at radius 3 is 2.61 bits per heavy atom. The summed E-state index contributed by atoms with van der Waals surface area (Å²) in [5, 5.41) is 7.52. The number of benzene rings is 2. The van der Waals surface area contributed by atoms with Crippen LogP contribution in [0.4, 0.5) is 0 Å². The van der Waals surface area contributed by atoms with Crippen LogP contribution in [-0.4, -0.2) is 53.7 Å². The minimum absolute atomic E-state index is 0.110. The Bertz CT molecular complexity index is 1040. The Kier molecular flexibility index (Phi) is 7.68. The Morgan fingerprint density at radius 2 is 1.88 bits per heavy atom. The molecular formula is C25H27Cl2N3O3. The van der Waals surface area contributed by atoms with Gasteiger partial charge in [0.2, 0.25) is 0 Å². The number of carbonyl (C=O) groups excluding carboxylic acids is 2. The Hall–Kier alpha value is -2.41. The predicted octanol–water partition coefficient (Wildman–Crippen LogP) is 4.95. The average molecular weight is 488 g/mol. The van der Waals surface area contributed by atoms with Crippen molar-refractivity contribution in [3.8, 4) is 0 Å². The molecule has 0 aromatic heterocycles.